The van der Waals surface area contributed by atoms with Gasteiger partial charge in [0.1, 0.15) is 0 Å². The van der Waals surface area contributed by atoms with Gasteiger partial charge in [-0.2, -0.15) is 4.99 Å². The van der Waals surface area contributed by atoms with Crippen molar-refractivity contribution in [3.8, 4) is 0 Å². The molecular weight excluding hydrogens is 220 g/mol. The molecule has 0 saturated carbocycles. The average molecular weight is 233 g/mol. The molecular formula is C8H13N2O4S-. The Labute approximate surface area is 91.1 Å². The maximum Gasteiger partial charge on any atom is 0.218 e. The fourth-order valence-corrected chi connectivity index (χ4v) is 0.896. The standard InChI is InChI=1S/C8H14N2O4S/c1-6(10-15(11)12)5-8(14-4)9-7(2)13-3/h5,10H,1H2,2-4H3,(H,11,12)/p-1/b8-5+,9-7?. The SMILES string of the molecule is C=C(/C=C(\N=C(C)OC)OC)NS(=O)[O-]. The molecule has 0 aliphatic heterocycles. The number of allylic oxidation sites excluding steroid dienone is 1. The van der Waals surface area contributed by atoms with Crippen LogP contribution in [0, 0.1) is 0 Å². The van der Waals surface area contributed by atoms with E-state index in [1.54, 1.807) is 6.92 Å². The Morgan fingerprint density at radius 1 is 1.53 bits per heavy atom. The highest BCUT2D eigenvalue weighted by Gasteiger charge is 1.97. The van der Waals surface area contributed by atoms with Gasteiger partial charge in [0, 0.05) is 30.0 Å². The molecule has 0 aliphatic rings. The van der Waals surface area contributed by atoms with Crippen LogP contribution in [0.25, 0.3) is 0 Å². The van der Waals surface area contributed by atoms with Crippen molar-refractivity contribution in [1.29, 1.82) is 0 Å². The molecule has 0 aliphatic carbocycles. The molecule has 86 valence electrons. The summed E-state index contributed by atoms with van der Waals surface area (Å²) in [4.78, 5) is 3.89. The van der Waals surface area contributed by atoms with Crippen molar-refractivity contribution in [2.45, 2.75) is 6.92 Å². The largest absolute Gasteiger partial charge is 0.755 e. The van der Waals surface area contributed by atoms with Crippen LogP contribution in [-0.4, -0.2) is 28.9 Å². The molecule has 0 heterocycles. The summed E-state index contributed by atoms with van der Waals surface area (Å²) in [5.74, 6) is 0.580. The highest BCUT2D eigenvalue weighted by Crippen LogP contribution is 2.02. The van der Waals surface area contributed by atoms with E-state index in [1.165, 1.54) is 20.3 Å². The van der Waals surface area contributed by atoms with E-state index in [0.29, 0.717) is 5.90 Å². The maximum atomic E-state index is 10.3. The topological polar surface area (TPSA) is 83.0 Å². The molecule has 0 aromatic carbocycles. The molecule has 0 saturated heterocycles. The summed E-state index contributed by atoms with van der Waals surface area (Å²) >= 11 is -2.41. The zero-order chi connectivity index (χ0) is 11.8. The van der Waals surface area contributed by atoms with E-state index in [1.807, 2.05) is 0 Å². The van der Waals surface area contributed by atoms with Crippen molar-refractivity contribution < 1.29 is 18.2 Å². The average Bonchev–Trinajstić information content (AvgIpc) is 2.15. The highest BCUT2D eigenvalue weighted by molar-refractivity contribution is 7.77. The van der Waals surface area contributed by atoms with Crippen LogP contribution in [0.2, 0.25) is 0 Å². The van der Waals surface area contributed by atoms with E-state index in [0.717, 1.165) is 0 Å². The lowest BCUT2D eigenvalue weighted by Gasteiger charge is -2.08. The number of methoxy groups -OCH3 is 2. The Balaban J connectivity index is 4.59. The van der Waals surface area contributed by atoms with Crippen LogP contribution in [0.1, 0.15) is 6.92 Å². The number of hydrogen-bond donors (Lipinski definition) is 1. The Hall–Kier alpha value is -1.34. The van der Waals surface area contributed by atoms with E-state index < -0.39 is 11.3 Å². The molecule has 1 unspecified atom stereocenters. The summed E-state index contributed by atoms with van der Waals surface area (Å²) < 4.78 is 32.2. The van der Waals surface area contributed by atoms with Crippen molar-refractivity contribution in [2.75, 3.05) is 14.2 Å². The van der Waals surface area contributed by atoms with Gasteiger partial charge in [-0.3, -0.25) is 4.21 Å². The number of nitrogens with zero attached hydrogens (tertiary/aromatic N) is 1. The van der Waals surface area contributed by atoms with Gasteiger partial charge in [0.25, 0.3) is 0 Å². The molecule has 0 aromatic rings. The monoisotopic (exact) mass is 233 g/mol. The van der Waals surface area contributed by atoms with Crippen LogP contribution in [-0.2, 0) is 20.7 Å². The quantitative estimate of drug-likeness (QED) is 0.245. The molecule has 0 radical (unpaired) electrons. The lowest BCUT2D eigenvalue weighted by atomic mass is 10.5. The van der Waals surface area contributed by atoms with Crippen LogP contribution in [0.15, 0.2) is 29.2 Å². The molecule has 6 nitrogen and oxygen atoms in total. The summed E-state index contributed by atoms with van der Waals surface area (Å²) in [6.07, 6.45) is 1.33. The van der Waals surface area contributed by atoms with E-state index >= 15 is 0 Å². The minimum absolute atomic E-state index is 0.146. The van der Waals surface area contributed by atoms with E-state index in [9.17, 15) is 8.76 Å². The van der Waals surface area contributed by atoms with Crippen LogP contribution in [0.5, 0.6) is 0 Å². The number of aliphatic imine (C=N–C) groups is 1. The van der Waals surface area contributed by atoms with E-state index in [-0.39, 0.29) is 11.6 Å². The molecule has 0 bridgehead atoms. The number of rotatable bonds is 5. The van der Waals surface area contributed by atoms with Gasteiger partial charge in [-0.05, 0) is 0 Å². The molecule has 1 N–H and O–H groups in total. The van der Waals surface area contributed by atoms with Gasteiger partial charge in [0.2, 0.25) is 5.88 Å². The van der Waals surface area contributed by atoms with E-state index in [4.69, 9.17) is 9.47 Å². The third-order valence-electron chi connectivity index (χ3n) is 1.28. The molecule has 0 spiro atoms. The van der Waals surface area contributed by atoms with Gasteiger partial charge in [0.15, 0.2) is 5.90 Å². The second-order valence-electron chi connectivity index (χ2n) is 2.38. The molecule has 0 aromatic heterocycles. The fourth-order valence-electron chi connectivity index (χ4n) is 0.623. The highest BCUT2D eigenvalue weighted by atomic mass is 32.2. The first kappa shape index (κ1) is 13.7. The third kappa shape index (κ3) is 6.69. The second kappa shape index (κ2) is 7.02. The zero-order valence-electron chi connectivity index (χ0n) is 8.77. The molecule has 7 heteroatoms. The van der Waals surface area contributed by atoms with Gasteiger partial charge in [-0.25, -0.2) is 0 Å². The Morgan fingerprint density at radius 2 is 2.13 bits per heavy atom. The van der Waals surface area contributed by atoms with Crippen LogP contribution < -0.4 is 4.72 Å². The minimum Gasteiger partial charge on any atom is -0.755 e. The first-order valence-electron chi connectivity index (χ1n) is 3.89. The maximum absolute atomic E-state index is 10.3. The minimum atomic E-state index is -2.41. The van der Waals surface area contributed by atoms with Gasteiger partial charge in [-0.15, -0.1) is 0 Å². The lowest BCUT2D eigenvalue weighted by molar-refractivity contribution is 0.283. The summed E-state index contributed by atoms with van der Waals surface area (Å²) in [6, 6.07) is 0. The first-order chi connectivity index (χ1) is 6.99. The third-order valence-corrected chi connectivity index (χ3v) is 1.71. The molecule has 0 rings (SSSR count). The predicted molar refractivity (Wildman–Crippen MR) is 56.4 cm³/mol. The number of hydrogen-bond acceptors (Lipinski definition) is 5. The van der Waals surface area contributed by atoms with Crippen LogP contribution in [0.3, 0.4) is 0 Å². The first-order valence-corrected chi connectivity index (χ1v) is 4.97. The Morgan fingerprint density at radius 3 is 2.53 bits per heavy atom. The normalized spacial score (nSPS) is 14.4. The molecule has 1 atom stereocenters. The van der Waals surface area contributed by atoms with Crippen LogP contribution >= 0.6 is 0 Å². The fraction of sp³-hybridized carbons (Fsp3) is 0.375. The zero-order valence-corrected chi connectivity index (χ0v) is 9.59. The summed E-state index contributed by atoms with van der Waals surface area (Å²) in [7, 11) is 2.87. The smallest absolute Gasteiger partial charge is 0.218 e. The van der Waals surface area contributed by atoms with Crippen molar-refractivity contribution in [2.24, 2.45) is 4.99 Å². The summed E-state index contributed by atoms with van der Waals surface area (Å²) in [5.41, 5.74) is 0.146. The number of nitrogens with one attached hydrogen (secondary N) is 1. The molecule has 0 amide bonds. The molecule has 15 heavy (non-hydrogen) atoms. The van der Waals surface area contributed by atoms with E-state index in [2.05, 4.69) is 16.3 Å². The van der Waals surface area contributed by atoms with Crippen molar-refractivity contribution in [3.05, 3.63) is 24.2 Å². The summed E-state index contributed by atoms with van der Waals surface area (Å²) in [6.45, 7) is 5.08. The Bertz CT molecular complexity index is 312. The van der Waals surface area contributed by atoms with Crippen molar-refractivity contribution in [1.82, 2.24) is 4.72 Å². The van der Waals surface area contributed by atoms with Gasteiger partial charge in [-0.1, -0.05) is 6.58 Å². The van der Waals surface area contributed by atoms with Gasteiger partial charge < -0.3 is 18.7 Å². The van der Waals surface area contributed by atoms with Crippen molar-refractivity contribution in [3.63, 3.8) is 0 Å². The lowest BCUT2D eigenvalue weighted by Crippen LogP contribution is -2.13. The summed E-state index contributed by atoms with van der Waals surface area (Å²) in [5, 5.41) is 0. The number of ether oxygens (including phenoxy) is 2. The van der Waals surface area contributed by atoms with Gasteiger partial charge in [0.05, 0.1) is 14.2 Å². The molecule has 0 fully saturated rings. The Kier molecular flexibility index (Phi) is 6.39. The van der Waals surface area contributed by atoms with Gasteiger partial charge >= 0.3 is 0 Å². The van der Waals surface area contributed by atoms with Crippen molar-refractivity contribution >= 4 is 17.2 Å². The predicted octanol–water partition coefficient (Wildman–Crippen LogP) is 0.436. The second-order valence-corrected chi connectivity index (χ2v) is 3.06. The van der Waals surface area contributed by atoms with Crippen LogP contribution in [0.4, 0.5) is 0 Å².